The standard InChI is InChI=1S/C23H29NO3/c1-3-18(2)24(16-19-9-5-4-6-10-19)23(25)20-11-7-12-21(15-20)27-17-22-13-8-14-26-22/h4-7,9-12,15,18,22H,3,8,13-14,16-17H2,1-2H3. The summed E-state index contributed by atoms with van der Waals surface area (Å²) in [4.78, 5) is 15.1. The van der Waals surface area contributed by atoms with Crippen LogP contribution in [0.25, 0.3) is 0 Å². The number of carbonyl (C=O) groups excluding carboxylic acids is 1. The summed E-state index contributed by atoms with van der Waals surface area (Å²) in [6.07, 6.45) is 3.21. The molecule has 1 amide bonds. The van der Waals surface area contributed by atoms with Crippen molar-refractivity contribution in [3.8, 4) is 5.75 Å². The molecule has 0 N–H and O–H groups in total. The van der Waals surface area contributed by atoms with E-state index in [4.69, 9.17) is 9.47 Å². The summed E-state index contributed by atoms with van der Waals surface area (Å²) in [5.41, 5.74) is 1.80. The largest absolute Gasteiger partial charge is 0.491 e. The number of ether oxygens (including phenoxy) is 2. The summed E-state index contributed by atoms with van der Waals surface area (Å²) >= 11 is 0. The number of hydrogen-bond donors (Lipinski definition) is 0. The zero-order chi connectivity index (χ0) is 19.1. The fourth-order valence-electron chi connectivity index (χ4n) is 3.28. The van der Waals surface area contributed by atoms with Gasteiger partial charge in [0.2, 0.25) is 0 Å². The number of nitrogens with zero attached hydrogens (tertiary/aromatic N) is 1. The van der Waals surface area contributed by atoms with E-state index in [2.05, 4.69) is 26.0 Å². The Morgan fingerprint density at radius 3 is 2.74 bits per heavy atom. The Morgan fingerprint density at radius 1 is 1.22 bits per heavy atom. The van der Waals surface area contributed by atoms with E-state index in [1.165, 1.54) is 0 Å². The second-order valence-electron chi connectivity index (χ2n) is 7.15. The van der Waals surface area contributed by atoms with Crippen molar-refractivity contribution < 1.29 is 14.3 Å². The molecule has 4 heteroatoms. The summed E-state index contributed by atoms with van der Waals surface area (Å²) in [6.45, 7) is 6.16. The van der Waals surface area contributed by atoms with Gasteiger partial charge >= 0.3 is 0 Å². The van der Waals surface area contributed by atoms with Gasteiger partial charge in [-0.3, -0.25) is 4.79 Å². The molecule has 3 rings (SSSR count). The average Bonchev–Trinajstić information content (AvgIpc) is 3.24. The van der Waals surface area contributed by atoms with E-state index in [-0.39, 0.29) is 18.1 Å². The molecule has 0 radical (unpaired) electrons. The molecule has 0 aliphatic carbocycles. The first-order chi connectivity index (χ1) is 13.2. The van der Waals surface area contributed by atoms with Crippen molar-refractivity contribution in [3.05, 3.63) is 65.7 Å². The molecule has 0 aromatic heterocycles. The van der Waals surface area contributed by atoms with Gasteiger partial charge in [0, 0.05) is 24.8 Å². The van der Waals surface area contributed by atoms with Crippen molar-refractivity contribution in [3.63, 3.8) is 0 Å². The molecule has 4 nitrogen and oxygen atoms in total. The number of benzene rings is 2. The van der Waals surface area contributed by atoms with Crippen molar-refractivity contribution >= 4 is 5.91 Å². The molecular weight excluding hydrogens is 338 g/mol. The van der Waals surface area contributed by atoms with Crippen LogP contribution in [-0.4, -0.2) is 36.2 Å². The van der Waals surface area contributed by atoms with E-state index >= 15 is 0 Å². The molecule has 0 spiro atoms. The van der Waals surface area contributed by atoms with Gasteiger partial charge in [-0.15, -0.1) is 0 Å². The van der Waals surface area contributed by atoms with Gasteiger partial charge in [-0.25, -0.2) is 0 Å². The van der Waals surface area contributed by atoms with Crippen molar-refractivity contribution in [2.24, 2.45) is 0 Å². The molecule has 1 fully saturated rings. The summed E-state index contributed by atoms with van der Waals surface area (Å²) in [6, 6.07) is 17.8. The topological polar surface area (TPSA) is 38.8 Å². The van der Waals surface area contributed by atoms with E-state index in [9.17, 15) is 4.79 Å². The Kier molecular flexibility index (Phi) is 6.88. The van der Waals surface area contributed by atoms with Crippen LogP contribution >= 0.6 is 0 Å². The third kappa shape index (κ3) is 5.33. The smallest absolute Gasteiger partial charge is 0.254 e. The van der Waals surface area contributed by atoms with Crippen LogP contribution in [0.5, 0.6) is 5.75 Å². The van der Waals surface area contributed by atoms with Crippen molar-refractivity contribution in [2.45, 2.75) is 51.8 Å². The average molecular weight is 367 g/mol. The van der Waals surface area contributed by atoms with Crippen molar-refractivity contribution in [2.75, 3.05) is 13.2 Å². The molecule has 0 saturated carbocycles. The number of hydrogen-bond acceptors (Lipinski definition) is 3. The quantitative estimate of drug-likeness (QED) is 0.680. The van der Waals surface area contributed by atoms with Crippen LogP contribution < -0.4 is 4.74 Å². The van der Waals surface area contributed by atoms with Crippen LogP contribution in [0.1, 0.15) is 49.0 Å². The van der Waals surface area contributed by atoms with E-state index in [1.54, 1.807) is 0 Å². The van der Waals surface area contributed by atoms with Crippen LogP contribution in [0.2, 0.25) is 0 Å². The Labute approximate surface area is 162 Å². The Balaban J connectivity index is 1.71. The highest BCUT2D eigenvalue weighted by molar-refractivity contribution is 5.94. The molecule has 2 atom stereocenters. The van der Waals surface area contributed by atoms with Crippen molar-refractivity contribution in [1.29, 1.82) is 0 Å². The maximum Gasteiger partial charge on any atom is 0.254 e. The van der Waals surface area contributed by atoms with E-state index in [0.717, 1.165) is 37.2 Å². The van der Waals surface area contributed by atoms with Gasteiger partial charge in [0.05, 0.1) is 6.10 Å². The normalized spacial score (nSPS) is 17.5. The van der Waals surface area contributed by atoms with Gasteiger partial charge in [-0.05, 0) is 49.9 Å². The van der Waals surface area contributed by atoms with Crippen LogP contribution in [0.15, 0.2) is 54.6 Å². The maximum absolute atomic E-state index is 13.2. The molecule has 27 heavy (non-hydrogen) atoms. The molecular formula is C23H29NO3. The molecule has 2 aromatic rings. The lowest BCUT2D eigenvalue weighted by Crippen LogP contribution is -2.37. The zero-order valence-corrected chi connectivity index (χ0v) is 16.3. The summed E-state index contributed by atoms with van der Waals surface area (Å²) in [5.74, 6) is 0.760. The third-order valence-electron chi connectivity index (χ3n) is 5.12. The maximum atomic E-state index is 13.2. The van der Waals surface area contributed by atoms with Gasteiger partial charge in [0.1, 0.15) is 12.4 Å². The minimum Gasteiger partial charge on any atom is -0.491 e. The number of rotatable bonds is 8. The SMILES string of the molecule is CCC(C)N(Cc1ccccc1)C(=O)c1cccc(OCC2CCCO2)c1. The zero-order valence-electron chi connectivity index (χ0n) is 16.3. The Morgan fingerprint density at radius 2 is 2.04 bits per heavy atom. The first-order valence-corrected chi connectivity index (χ1v) is 9.86. The number of carbonyl (C=O) groups is 1. The predicted octanol–water partition coefficient (Wildman–Crippen LogP) is 4.69. The summed E-state index contributed by atoms with van der Waals surface area (Å²) in [7, 11) is 0. The Bertz CT molecular complexity index is 725. The summed E-state index contributed by atoms with van der Waals surface area (Å²) in [5, 5.41) is 0. The van der Waals surface area contributed by atoms with Gasteiger partial charge in [-0.2, -0.15) is 0 Å². The molecule has 1 aliphatic heterocycles. The monoisotopic (exact) mass is 367 g/mol. The van der Waals surface area contributed by atoms with Gasteiger partial charge < -0.3 is 14.4 Å². The van der Waals surface area contributed by atoms with Gasteiger partial charge in [-0.1, -0.05) is 43.3 Å². The highest BCUT2D eigenvalue weighted by Crippen LogP contribution is 2.20. The molecule has 1 heterocycles. The molecule has 2 aromatic carbocycles. The van der Waals surface area contributed by atoms with Crippen LogP contribution in [0.3, 0.4) is 0 Å². The van der Waals surface area contributed by atoms with Gasteiger partial charge in [0.15, 0.2) is 0 Å². The van der Waals surface area contributed by atoms with Crippen LogP contribution in [0, 0.1) is 0 Å². The highest BCUT2D eigenvalue weighted by Gasteiger charge is 2.21. The number of amides is 1. The van der Waals surface area contributed by atoms with Crippen molar-refractivity contribution in [1.82, 2.24) is 4.90 Å². The molecule has 2 unspecified atom stereocenters. The second kappa shape index (κ2) is 9.56. The van der Waals surface area contributed by atoms with E-state index < -0.39 is 0 Å². The molecule has 0 bridgehead atoms. The minimum atomic E-state index is 0.0377. The first kappa shape index (κ1) is 19.4. The molecule has 1 aliphatic rings. The fraction of sp³-hybridized carbons (Fsp3) is 0.435. The Hall–Kier alpha value is -2.33. The van der Waals surface area contributed by atoms with E-state index in [0.29, 0.717) is 18.7 Å². The molecule has 1 saturated heterocycles. The minimum absolute atomic E-state index is 0.0377. The first-order valence-electron chi connectivity index (χ1n) is 9.86. The second-order valence-corrected chi connectivity index (χ2v) is 7.15. The summed E-state index contributed by atoms with van der Waals surface area (Å²) < 4.78 is 11.5. The van der Waals surface area contributed by atoms with Crippen LogP contribution in [-0.2, 0) is 11.3 Å². The van der Waals surface area contributed by atoms with Crippen LogP contribution in [0.4, 0.5) is 0 Å². The lowest BCUT2D eigenvalue weighted by Gasteiger charge is -2.29. The predicted molar refractivity (Wildman–Crippen MR) is 107 cm³/mol. The fourth-order valence-corrected chi connectivity index (χ4v) is 3.28. The highest BCUT2D eigenvalue weighted by atomic mass is 16.5. The van der Waals surface area contributed by atoms with E-state index in [1.807, 2.05) is 47.4 Å². The van der Waals surface area contributed by atoms with Gasteiger partial charge in [0.25, 0.3) is 5.91 Å². The lowest BCUT2D eigenvalue weighted by molar-refractivity contribution is 0.0661. The molecule has 144 valence electrons. The lowest BCUT2D eigenvalue weighted by atomic mass is 10.1. The third-order valence-corrected chi connectivity index (χ3v) is 5.12.